The molecule has 6 heteroatoms. The van der Waals surface area contributed by atoms with Gasteiger partial charge in [-0.05, 0) is 33.9 Å². The molecule has 1 aliphatic heterocycles. The maximum absolute atomic E-state index is 12.1. The molecule has 21 heavy (non-hydrogen) atoms. The lowest BCUT2D eigenvalue weighted by Crippen LogP contribution is -2.38. The zero-order chi connectivity index (χ0) is 15.4. The summed E-state index contributed by atoms with van der Waals surface area (Å²) in [7, 11) is 4.21. The highest BCUT2D eigenvalue weighted by molar-refractivity contribution is 7.11. The predicted octanol–water partition coefficient (Wildman–Crippen LogP) is 1.27. The third kappa shape index (κ3) is 4.49. The fraction of sp³-hybridized carbons (Fsp3) is 0.733. The molecule has 0 bridgehead atoms. The summed E-state index contributed by atoms with van der Waals surface area (Å²) in [5, 5.41) is 4.11. The van der Waals surface area contributed by atoms with Crippen LogP contribution in [0.5, 0.6) is 0 Å². The molecule has 1 N–H and O–H groups in total. The molecule has 1 aromatic rings. The van der Waals surface area contributed by atoms with Crippen LogP contribution in [0.2, 0.25) is 0 Å². The van der Waals surface area contributed by atoms with Crippen molar-refractivity contribution < 1.29 is 4.79 Å². The Bertz CT molecular complexity index is 486. The predicted molar refractivity (Wildman–Crippen MR) is 86.6 cm³/mol. The van der Waals surface area contributed by atoms with E-state index in [0.717, 1.165) is 36.6 Å². The van der Waals surface area contributed by atoms with Crippen molar-refractivity contribution in [2.45, 2.75) is 39.3 Å². The summed E-state index contributed by atoms with van der Waals surface area (Å²) in [6.07, 6.45) is 2.07. The Balaban J connectivity index is 1.77. The fourth-order valence-electron chi connectivity index (χ4n) is 2.74. The third-order valence-electron chi connectivity index (χ3n) is 4.01. The van der Waals surface area contributed by atoms with Crippen molar-refractivity contribution in [3.63, 3.8) is 0 Å². The van der Waals surface area contributed by atoms with E-state index in [1.54, 1.807) is 11.3 Å². The van der Waals surface area contributed by atoms with Crippen LogP contribution in [-0.4, -0.2) is 60.5 Å². The summed E-state index contributed by atoms with van der Waals surface area (Å²) >= 11 is 1.68. The van der Waals surface area contributed by atoms with Gasteiger partial charge >= 0.3 is 0 Å². The van der Waals surface area contributed by atoms with E-state index in [2.05, 4.69) is 41.1 Å². The van der Waals surface area contributed by atoms with Crippen molar-refractivity contribution in [2.24, 2.45) is 0 Å². The van der Waals surface area contributed by atoms with E-state index >= 15 is 0 Å². The molecule has 1 aromatic heterocycles. The van der Waals surface area contributed by atoms with Crippen molar-refractivity contribution in [1.29, 1.82) is 0 Å². The molecule has 0 unspecified atom stereocenters. The van der Waals surface area contributed by atoms with Gasteiger partial charge in [0.2, 0.25) is 5.91 Å². The van der Waals surface area contributed by atoms with Gasteiger partial charge in [-0.2, -0.15) is 0 Å². The number of nitrogens with zero attached hydrogens (tertiary/aromatic N) is 3. The van der Waals surface area contributed by atoms with Crippen molar-refractivity contribution in [3.05, 3.63) is 15.6 Å². The first-order valence-electron chi connectivity index (χ1n) is 7.60. The molecular formula is C15H26N4OS. The highest BCUT2D eigenvalue weighted by atomic mass is 32.1. The lowest BCUT2D eigenvalue weighted by atomic mass is 10.2. The number of amides is 1. The number of aromatic nitrogens is 1. The molecule has 2 rings (SSSR count). The normalized spacial score (nSPS) is 19.4. The summed E-state index contributed by atoms with van der Waals surface area (Å²) in [6.45, 7) is 7.23. The number of hydrogen-bond acceptors (Lipinski definition) is 5. The van der Waals surface area contributed by atoms with E-state index in [9.17, 15) is 4.79 Å². The van der Waals surface area contributed by atoms with Crippen molar-refractivity contribution in [3.8, 4) is 0 Å². The van der Waals surface area contributed by atoms with E-state index in [4.69, 9.17) is 0 Å². The van der Waals surface area contributed by atoms with Gasteiger partial charge in [0.1, 0.15) is 0 Å². The fourth-order valence-corrected chi connectivity index (χ4v) is 3.71. The zero-order valence-corrected chi connectivity index (χ0v) is 14.3. The van der Waals surface area contributed by atoms with E-state index in [-0.39, 0.29) is 5.91 Å². The lowest BCUT2D eigenvalue weighted by Gasteiger charge is -2.20. The highest BCUT2D eigenvalue weighted by Crippen LogP contribution is 2.18. The number of thiazole rings is 1. The second-order valence-corrected chi connectivity index (χ2v) is 7.16. The topological polar surface area (TPSA) is 48.5 Å². The minimum atomic E-state index is 0.113. The van der Waals surface area contributed by atoms with Crippen LogP contribution in [-0.2, 0) is 17.8 Å². The molecule has 1 aliphatic rings. The lowest BCUT2D eigenvalue weighted by molar-refractivity contribution is -0.122. The Morgan fingerprint density at radius 2 is 2.29 bits per heavy atom. The Morgan fingerprint density at radius 1 is 1.52 bits per heavy atom. The molecule has 1 atom stereocenters. The van der Waals surface area contributed by atoms with E-state index in [1.807, 2.05) is 6.92 Å². The number of carbonyl (C=O) groups is 1. The molecule has 0 spiro atoms. The SMILES string of the molecule is CCc1nc(C)sc1CNC(=O)CN1CC[C@@H](N(C)C)C1. The highest BCUT2D eigenvalue weighted by Gasteiger charge is 2.25. The first-order valence-corrected chi connectivity index (χ1v) is 8.42. The van der Waals surface area contributed by atoms with Gasteiger partial charge in [-0.15, -0.1) is 11.3 Å². The summed E-state index contributed by atoms with van der Waals surface area (Å²) in [5.41, 5.74) is 1.12. The zero-order valence-electron chi connectivity index (χ0n) is 13.5. The van der Waals surface area contributed by atoms with Crippen LogP contribution in [0.1, 0.15) is 28.9 Å². The number of aryl methyl sites for hydroxylation is 2. The van der Waals surface area contributed by atoms with Crippen LogP contribution in [0.4, 0.5) is 0 Å². The third-order valence-corrected chi connectivity index (χ3v) is 5.02. The van der Waals surface area contributed by atoms with Gasteiger partial charge in [0.25, 0.3) is 0 Å². The van der Waals surface area contributed by atoms with Crippen LogP contribution >= 0.6 is 11.3 Å². The Labute approximate surface area is 131 Å². The Morgan fingerprint density at radius 3 is 2.90 bits per heavy atom. The Hall–Kier alpha value is -0.980. The number of rotatable bonds is 6. The largest absolute Gasteiger partial charge is 0.350 e. The molecule has 0 radical (unpaired) electrons. The van der Waals surface area contributed by atoms with Gasteiger partial charge < -0.3 is 10.2 Å². The Kier molecular flexibility index (Phi) is 5.72. The number of likely N-dealkylation sites (N-methyl/N-ethyl adjacent to an activating group) is 1. The standard InChI is InChI=1S/C15H26N4OS/c1-5-13-14(21-11(2)17-13)8-16-15(20)10-19-7-6-12(9-19)18(3)4/h12H,5-10H2,1-4H3,(H,16,20)/t12-/m1/s1. The molecule has 1 fully saturated rings. The van der Waals surface area contributed by atoms with Gasteiger partial charge in [-0.25, -0.2) is 4.98 Å². The van der Waals surface area contributed by atoms with E-state index in [1.165, 1.54) is 4.88 Å². The number of likely N-dealkylation sites (tertiary alicyclic amines) is 1. The van der Waals surface area contributed by atoms with E-state index in [0.29, 0.717) is 19.1 Å². The van der Waals surface area contributed by atoms with Gasteiger partial charge in [0.15, 0.2) is 0 Å². The van der Waals surface area contributed by atoms with Crippen molar-refractivity contribution >= 4 is 17.2 Å². The molecule has 2 heterocycles. The first kappa shape index (κ1) is 16.4. The molecular weight excluding hydrogens is 284 g/mol. The smallest absolute Gasteiger partial charge is 0.234 e. The molecule has 1 saturated heterocycles. The average molecular weight is 310 g/mol. The first-order chi connectivity index (χ1) is 9.99. The molecule has 0 aromatic carbocycles. The minimum Gasteiger partial charge on any atom is -0.350 e. The van der Waals surface area contributed by atoms with Gasteiger partial charge in [0, 0.05) is 24.0 Å². The molecule has 118 valence electrons. The van der Waals surface area contributed by atoms with Gasteiger partial charge in [0.05, 0.1) is 23.8 Å². The van der Waals surface area contributed by atoms with Crippen LogP contribution in [0, 0.1) is 6.92 Å². The van der Waals surface area contributed by atoms with Crippen LogP contribution in [0.15, 0.2) is 0 Å². The maximum atomic E-state index is 12.1. The molecule has 5 nitrogen and oxygen atoms in total. The van der Waals surface area contributed by atoms with Gasteiger partial charge in [-0.3, -0.25) is 9.69 Å². The second kappa shape index (κ2) is 7.33. The van der Waals surface area contributed by atoms with Crippen LogP contribution in [0.25, 0.3) is 0 Å². The number of nitrogens with one attached hydrogen (secondary N) is 1. The molecule has 0 aliphatic carbocycles. The molecule has 1 amide bonds. The summed E-state index contributed by atoms with van der Waals surface area (Å²) in [6, 6.07) is 0.577. The maximum Gasteiger partial charge on any atom is 0.234 e. The average Bonchev–Trinajstić information content (AvgIpc) is 3.02. The second-order valence-electron chi connectivity index (χ2n) is 5.87. The van der Waals surface area contributed by atoms with E-state index < -0.39 is 0 Å². The van der Waals surface area contributed by atoms with Crippen LogP contribution < -0.4 is 5.32 Å². The van der Waals surface area contributed by atoms with Crippen LogP contribution in [0.3, 0.4) is 0 Å². The summed E-state index contributed by atoms with van der Waals surface area (Å²) in [5.74, 6) is 0.113. The number of carbonyl (C=O) groups excluding carboxylic acids is 1. The summed E-state index contributed by atoms with van der Waals surface area (Å²) in [4.78, 5) is 22.2. The van der Waals surface area contributed by atoms with Gasteiger partial charge in [-0.1, -0.05) is 6.92 Å². The summed E-state index contributed by atoms with van der Waals surface area (Å²) < 4.78 is 0. The quantitative estimate of drug-likeness (QED) is 0.859. The monoisotopic (exact) mass is 310 g/mol. The minimum absolute atomic E-state index is 0.113. The molecule has 0 saturated carbocycles. The number of hydrogen-bond donors (Lipinski definition) is 1. The van der Waals surface area contributed by atoms with Crippen molar-refractivity contribution in [2.75, 3.05) is 33.7 Å². The van der Waals surface area contributed by atoms with Crippen molar-refractivity contribution in [1.82, 2.24) is 20.1 Å².